The fraction of sp³-hybridized carbons (Fsp3) is 0.538. The Kier molecular flexibility index (Phi) is 4.83. The third-order valence-electron chi connectivity index (χ3n) is 2.65. The fourth-order valence-corrected chi connectivity index (χ4v) is 3.48. The Morgan fingerprint density at radius 2 is 2.17 bits per heavy atom. The second-order valence-electron chi connectivity index (χ2n) is 4.08. The van der Waals surface area contributed by atoms with Crippen LogP contribution in [-0.2, 0) is 12.2 Å². The Hall–Kier alpha value is -0.810. The van der Waals surface area contributed by atoms with Gasteiger partial charge >= 0.3 is 0 Å². The third kappa shape index (κ3) is 2.95. The van der Waals surface area contributed by atoms with Gasteiger partial charge in [-0.2, -0.15) is 11.8 Å². The van der Waals surface area contributed by atoms with Crippen LogP contribution in [0, 0.1) is 0 Å². The molecule has 2 aromatic rings. The van der Waals surface area contributed by atoms with Crippen molar-refractivity contribution in [2.75, 3.05) is 18.1 Å². The highest BCUT2D eigenvalue weighted by molar-refractivity contribution is 7.98. The van der Waals surface area contributed by atoms with E-state index in [9.17, 15) is 0 Å². The van der Waals surface area contributed by atoms with Crippen molar-refractivity contribution in [2.45, 2.75) is 32.4 Å². The molecule has 0 fully saturated rings. The molecule has 0 unspecified atom stereocenters. The average molecular weight is 281 g/mol. The standard InChI is InChI=1S/C13H19N3S2/c1-4-6-17-8-11-15-12(14-3)10-7-9(5-2)18-13(10)16-11/h7H,4-6,8H2,1-3H3,(H,14,15,16). The Bertz CT molecular complexity index is 522. The van der Waals surface area contributed by atoms with E-state index in [-0.39, 0.29) is 0 Å². The summed E-state index contributed by atoms with van der Waals surface area (Å²) in [5, 5.41) is 4.34. The Balaban J connectivity index is 2.32. The highest BCUT2D eigenvalue weighted by atomic mass is 32.2. The summed E-state index contributed by atoms with van der Waals surface area (Å²) >= 11 is 3.68. The molecule has 3 nitrogen and oxygen atoms in total. The van der Waals surface area contributed by atoms with Crippen LogP contribution in [0.4, 0.5) is 5.82 Å². The quantitative estimate of drug-likeness (QED) is 0.814. The van der Waals surface area contributed by atoms with Crippen LogP contribution in [0.15, 0.2) is 6.07 Å². The summed E-state index contributed by atoms with van der Waals surface area (Å²) in [4.78, 5) is 11.8. The third-order valence-corrected chi connectivity index (χ3v) is 4.99. The number of hydrogen-bond donors (Lipinski definition) is 1. The molecule has 0 spiro atoms. The van der Waals surface area contributed by atoms with Gasteiger partial charge in [0.1, 0.15) is 16.5 Å². The van der Waals surface area contributed by atoms with Crippen molar-refractivity contribution in [3.63, 3.8) is 0 Å². The lowest BCUT2D eigenvalue weighted by atomic mass is 10.3. The number of thioether (sulfide) groups is 1. The summed E-state index contributed by atoms with van der Waals surface area (Å²) in [5.74, 6) is 3.97. The van der Waals surface area contributed by atoms with Crippen LogP contribution in [-0.4, -0.2) is 22.8 Å². The van der Waals surface area contributed by atoms with E-state index in [1.165, 1.54) is 17.1 Å². The molecule has 0 amide bonds. The predicted octanol–water partition coefficient (Wildman–Crippen LogP) is 3.94. The minimum Gasteiger partial charge on any atom is -0.372 e. The summed E-state index contributed by atoms with van der Waals surface area (Å²) in [6.07, 6.45) is 2.26. The molecule has 0 aliphatic rings. The van der Waals surface area contributed by atoms with Crippen molar-refractivity contribution in [1.29, 1.82) is 0 Å². The van der Waals surface area contributed by atoms with Gasteiger partial charge in [-0.3, -0.25) is 0 Å². The van der Waals surface area contributed by atoms with Gasteiger partial charge in [0.15, 0.2) is 0 Å². The lowest BCUT2D eigenvalue weighted by Gasteiger charge is -2.04. The summed E-state index contributed by atoms with van der Waals surface area (Å²) in [7, 11) is 1.92. The van der Waals surface area contributed by atoms with Gasteiger partial charge in [-0.05, 0) is 24.7 Å². The summed E-state index contributed by atoms with van der Waals surface area (Å²) in [6, 6.07) is 2.20. The van der Waals surface area contributed by atoms with Crippen molar-refractivity contribution < 1.29 is 0 Å². The first-order valence-corrected chi connectivity index (χ1v) is 8.30. The maximum atomic E-state index is 4.67. The first kappa shape index (κ1) is 13.6. The highest BCUT2D eigenvalue weighted by Gasteiger charge is 2.10. The molecule has 18 heavy (non-hydrogen) atoms. The fourth-order valence-electron chi connectivity index (χ4n) is 1.75. The van der Waals surface area contributed by atoms with Gasteiger partial charge < -0.3 is 5.32 Å². The van der Waals surface area contributed by atoms with E-state index in [2.05, 4.69) is 35.2 Å². The molecule has 0 atom stereocenters. The van der Waals surface area contributed by atoms with Crippen molar-refractivity contribution in [3.05, 3.63) is 16.8 Å². The number of nitrogens with one attached hydrogen (secondary N) is 1. The Labute approximate surface area is 116 Å². The molecule has 98 valence electrons. The van der Waals surface area contributed by atoms with Crippen LogP contribution in [0.2, 0.25) is 0 Å². The van der Waals surface area contributed by atoms with E-state index in [1.807, 2.05) is 18.8 Å². The molecule has 0 aliphatic heterocycles. The molecule has 0 aromatic carbocycles. The maximum Gasteiger partial charge on any atom is 0.142 e. The molecule has 2 rings (SSSR count). The van der Waals surface area contributed by atoms with Gasteiger partial charge in [-0.25, -0.2) is 9.97 Å². The van der Waals surface area contributed by atoms with Gasteiger partial charge in [-0.15, -0.1) is 11.3 Å². The number of thiophene rings is 1. The Morgan fingerprint density at radius 3 is 2.83 bits per heavy atom. The molecular formula is C13H19N3S2. The molecule has 0 saturated heterocycles. The molecule has 0 saturated carbocycles. The van der Waals surface area contributed by atoms with Crippen molar-refractivity contribution in [2.24, 2.45) is 0 Å². The maximum absolute atomic E-state index is 4.67. The summed E-state index contributed by atoms with van der Waals surface area (Å²) < 4.78 is 0. The van der Waals surface area contributed by atoms with E-state index >= 15 is 0 Å². The van der Waals surface area contributed by atoms with Crippen LogP contribution >= 0.6 is 23.1 Å². The van der Waals surface area contributed by atoms with E-state index in [0.29, 0.717) is 0 Å². The minimum absolute atomic E-state index is 0.901. The number of nitrogens with zero attached hydrogens (tertiary/aromatic N) is 2. The number of hydrogen-bond acceptors (Lipinski definition) is 5. The van der Waals surface area contributed by atoms with Crippen LogP contribution in [0.25, 0.3) is 10.2 Å². The molecule has 2 heterocycles. The van der Waals surface area contributed by atoms with Crippen LogP contribution < -0.4 is 5.32 Å². The zero-order valence-corrected chi connectivity index (χ0v) is 12.7. The molecular weight excluding hydrogens is 262 g/mol. The van der Waals surface area contributed by atoms with Crippen LogP contribution in [0.3, 0.4) is 0 Å². The molecule has 0 bridgehead atoms. The zero-order chi connectivity index (χ0) is 13.0. The SMILES string of the molecule is CCCSCc1nc(NC)c2cc(CC)sc2n1. The van der Waals surface area contributed by atoms with Gasteiger partial charge in [0, 0.05) is 11.9 Å². The number of aromatic nitrogens is 2. The molecule has 2 aromatic heterocycles. The summed E-state index contributed by atoms with van der Waals surface area (Å²) in [6.45, 7) is 4.37. The molecule has 0 aliphatic carbocycles. The van der Waals surface area contributed by atoms with Gasteiger partial charge in [0.05, 0.1) is 11.1 Å². The van der Waals surface area contributed by atoms with Crippen LogP contribution in [0.1, 0.15) is 31.0 Å². The van der Waals surface area contributed by atoms with Crippen molar-refractivity contribution in [1.82, 2.24) is 9.97 Å². The number of aryl methyl sites for hydroxylation is 1. The lowest BCUT2D eigenvalue weighted by Crippen LogP contribution is -1.99. The van der Waals surface area contributed by atoms with Crippen molar-refractivity contribution in [3.8, 4) is 0 Å². The monoisotopic (exact) mass is 281 g/mol. The van der Waals surface area contributed by atoms with Crippen LogP contribution in [0.5, 0.6) is 0 Å². The topological polar surface area (TPSA) is 37.8 Å². The highest BCUT2D eigenvalue weighted by Crippen LogP contribution is 2.29. The van der Waals surface area contributed by atoms with Gasteiger partial charge in [0.2, 0.25) is 0 Å². The van der Waals surface area contributed by atoms with Gasteiger partial charge in [0.25, 0.3) is 0 Å². The first-order chi connectivity index (χ1) is 8.78. The average Bonchev–Trinajstić information content (AvgIpc) is 2.81. The van der Waals surface area contributed by atoms with Gasteiger partial charge in [-0.1, -0.05) is 13.8 Å². The van der Waals surface area contributed by atoms with Crippen molar-refractivity contribution >= 4 is 39.1 Å². The molecule has 0 radical (unpaired) electrons. The van der Waals surface area contributed by atoms with E-state index in [4.69, 9.17) is 0 Å². The van der Waals surface area contributed by atoms with E-state index in [1.54, 1.807) is 11.3 Å². The lowest BCUT2D eigenvalue weighted by molar-refractivity contribution is 1.06. The van der Waals surface area contributed by atoms with E-state index < -0.39 is 0 Å². The molecule has 5 heteroatoms. The summed E-state index contributed by atoms with van der Waals surface area (Å²) in [5.41, 5.74) is 0. The smallest absolute Gasteiger partial charge is 0.142 e. The van der Waals surface area contributed by atoms with E-state index in [0.717, 1.165) is 34.0 Å². The normalized spacial score (nSPS) is 11.1. The largest absolute Gasteiger partial charge is 0.372 e. The first-order valence-electron chi connectivity index (χ1n) is 6.33. The minimum atomic E-state index is 0.901. The number of fused-ring (bicyclic) bond motifs is 1. The molecule has 1 N–H and O–H groups in total. The Morgan fingerprint density at radius 1 is 1.33 bits per heavy atom. The zero-order valence-electron chi connectivity index (χ0n) is 11.1. The number of rotatable bonds is 6. The second-order valence-corrected chi connectivity index (χ2v) is 6.30. The second kappa shape index (κ2) is 6.38. The number of anilines is 1. The predicted molar refractivity (Wildman–Crippen MR) is 82.8 cm³/mol.